The largest absolute Gasteiger partial charge is 0.314 e. The van der Waals surface area contributed by atoms with Crippen LogP contribution in [0.3, 0.4) is 0 Å². The third kappa shape index (κ3) is 4.24. The number of hydrogen-bond acceptors (Lipinski definition) is 2. The number of fused-ring (bicyclic) bond motifs is 5. The quantitative estimate of drug-likeness (QED) is 0.184. The highest BCUT2D eigenvalue weighted by molar-refractivity contribution is 6.08. The van der Waals surface area contributed by atoms with Gasteiger partial charge in [-0.05, 0) is 150 Å². The number of nitrogens with zero attached hydrogens (tertiary/aromatic N) is 2. The van der Waals surface area contributed by atoms with Crippen molar-refractivity contribution in [3.8, 4) is 0 Å². The first kappa shape index (κ1) is 27.2. The zero-order valence-corrected chi connectivity index (χ0v) is 26.7. The van der Waals surface area contributed by atoms with Gasteiger partial charge in [0.2, 0.25) is 0 Å². The lowest BCUT2D eigenvalue weighted by Crippen LogP contribution is -2.19. The van der Waals surface area contributed by atoms with Gasteiger partial charge in [-0.25, -0.2) is 0 Å². The highest BCUT2D eigenvalue weighted by atomic mass is 15.2. The lowest BCUT2D eigenvalue weighted by atomic mass is 9.91. The number of rotatable bonds is 2. The number of para-hydroxylation sites is 3. The second-order valence-electron chi connectivity index (χ2n) is 13.2. The first-order valence-electron chi connectivity index (χ1n) is 16.8. The van der Waals surface area contributed by atoms with Gasteiger partial charge in [-0.2, -0.15) is 0 Å². The Bertz CT molecular complexity index is 2200. The summed E-state index contributed by atoms with van der Waals surface area (Å²) in [6.45, 7) is 4.63. The zero-order chi connectivity index (χ0) is 30.8. The average molecular weight is 595 g/mol. The Morgan fingerprint density at radius 2 is 0.935 bits per heavy atom. The molecule has 0 bridgehead atoms. The van der Waals surface area contributed by atoms with Crippen LogP contribution in [-0.4, -0.2) is 0 Å². The molecule has 224 valence electrons. The highest BCUT2D eigenvalue weighted by Crippen LogP contribution is 2.46. The first-order valence-corrected chi connectivity index (χ1v) is 16.8. The maximum absolute atomic E-state index is 2.57. The molecule has 0 aromatic heterocycles. The fraction of sp³-hybridized carbons (Fsp3) is 0.182. The molecule has 3 aliphatic rings. The number of allylic oxidation sites excluding steroid dienone is 4. The number of anilines is 5. The van der Waals surface area contributed by atoms with Gasteiger partial charge in [-0.15, -0.1) is 0 Å². The molecule has 1 aliphatic carbocycles. The molecule has 2 heterocycles. The normalized spacial score (nSPS) is 15.7. The highest BCUT2D eigenvalue weighted by Gasteiger charge is 2.26. The van der Waals surface area contributed by atoms with E-state index < -0.39 is 0 Å². The maximum atomic E-state index is 2.57. The number of aryl methyl sites for hydroxylation is 5. The van der Waals surface area contributed by atoms with Crippen molar-refractivity contribution in [3.63, 3.8) is 0 Å². The summed E-state index contributed by atoms with van der Waals surface area (Å²) >= 11 is 0. The summed E-state index contributed by atoms with van der Waals surface area (Å²) in [6, 6.07) is 41.2. The third-order valence-corrected chi connectivity index (χ3v) is 10.7. The Hall–Kier alpha value is -5.08. The fourth-order valence-electron chi connectivity index (χ4n) is 8.30. The molecule has 2 heteroatoms. The van der Waals surface area contributed by atoms with E-state index in [1.165, 1.54) is 89.1 Å². The van der Waals surface area contributed by atoms with E-state index in [1.54, 1.807) is 0 Å². The molecule has 2 aliphatic heterocycles. The van der Waals surface area contributed by atoms with Gasteiger partial charge in [0, 0.05) is 34.1 Å². The van der Waals surface area contributed by atoms with Crippen LogP contribution >= 0.6 is 0 Å². The number of benzene rings is 6. The van der Waals surface area contributed by atoms with Gasteiger partial charge in [-0.3, -0.25) is 0 Å². The molecule has 0 fully saturated rings. The van der Waals surface area contributed by atoms with E-state index in [2.05, 4.69) is 145 Å². The smallest absolute Gasteiger partial charge is 0.0493 e. The van der Waals surface area contributed by atoms with Crippen molar-refractivity contribution >= 4 is 50.0 Å². The van der Waals surface area contributed by atoms with Crippen LogP contribution in [-0.2, 0) is 19.3 Å². The van der Waals surface area contributed by atoms with Gasteiger partial charge in [0.1, 0.15) is 0 Å². The second kappa shape index (κ2) is 10.8. The van der Waals surface area contributed by atoms with Gasteiger partial charge in [0.25, 0.3) is 0 Å². The summed E-state index contributed by atoms with van der Waals surface area (Å²) in [5, 5.41) is 5.34. The minimum atomic E-state index is 1.05. The molecule has 46 heavy (non-hydrogen) atoms. The summed E-state index contributed by atoms with van der Waals surface area (Å²) in [5.74, 6) is 0. The van der Waals surface area contributed by atoms with E-state index in [9.17, 15) is 0 Å². The van der Waals surface area contributed by atoms with Gasteiger partial charge >= 0.3 is 0 Å². The SMILES string of the molecule is Cc1c2ccc(N3c4ccccc4CCc4ccccc43)cc2c(C)c2ccc(N3C4=C(C=CCC4)CCc4ccccc43)cc12. The molecule has 0 unspecified atom stereocenters. The third-order valence-electron chi connectivity index (χ3n) is 10.7. The van der Waals surface area contributed by atoms with Crippen LogP contribution < -0.4 is 9.80 Å². The van der Waals surface area contributed by atoms with Crippen molar-refractivity contribution < 1.29 is 0 Å². The summed E-state index contributed by atoms with van der Waals surface area (Å²) < 4.78 is 0. The molecule has 0 N–H and O–H groups in total. The standard InChI is InChI=1S/C44H38N2/c1-29-37-25-23-36(46-43-17-9-5-13-33(43)21-22-34-14-6-10-18-44(34)46)28-40(37)30(2)38-26-24-35(27-39(29)38)45-41-15-7-3-11-31(41)19-20-32-12-4-8-16-42(32)45/h3-9,11-17,23-28H,10,18-22H2,1-2H3. The van der Waals surface area contributed by atoms with E-state index in [0.717, 1.165) is 38.5 Å². The predicted molar refractivity (Wildman–Crippen MR) is 195 cm³/mol. The predicted octanol–water partition coefficient (Wildman–Crippen LogP) is 11.9. The van der Waals surface area contributed by atoms with E-state index in [1.807, 2.05) is 0 Å². The van der Waals surface area contributed by atoms with Crippen molar-refractivity contribution in [2.75, 3.05) is 9.80 Å². The molecule has 0 radical (unpaired) electrons. The van der Waals surface area contributed by atoms with Crippen LogP contribution in [0.2, 0.25) is 0 Å². The van der Waals surface area contributed by atoms with Crippen LogP contribution in [0.25, 0.3) is 21.5 Å². The topological polar surface area (TPSA) is 6.48 Å². The molecule has 0 amide bonds. The summed E-state index contributed by atoms with van der Waals surface area (Å²) in [4.78, 5) is 5.05. The Kier molecular flexibility index (Phi) is 6.38. The lowest BCUT2D eigenvalue weighted by Gasteiger charge is -2.31. The molecular formula is C44H38N2. The minimum Gasteiger partial charge on any atom is -0.314 e. The molecule has 0 saturated carbocycles. The zero-order valence-electron chi connectivity index (χ0n) is 26.7. The monoisotopic (exact) mass is 594 g/mol. The number of hydrogen-bond donors (Lipinski definition) is 0. The van der Waals surface area contributed by atoms with Crippen LogP contribution in [0.1, 0.15) is 47.1 Å². The van der Waals surface area contributed by atoms with E-state index in [4.69, 9.17) is 0 Å². The van der Waals surface area contributed by atoms with Crippen molar-refractivity contribution in [3.05, 3.63) is 160 Å². The molecular weight excluding hydrogens is 556 g/mol. The Morgan fingerprint density at radius 1 is 0.457 bits per heavy atom. The van der Waals surface area contributed by atoms with Crippen molar-refractivity contribution in [2.45, 2.75) is 52.4 Å². The second-order valence-corrected chi connectivity index (χ2v) is 13.2. The van der Waals surface area contributed by atoms with Crippen LogP contribution in [0.4, 0.5) is 28.4 Å². The lowest BCUT2D eigenvalue weighted by molar-refractivity contribution is 0.874. The summed E-state index contributed by atoms with van der Waals surface area (Å²) in [6.07, 6.45) is 11.2. The van der Waals surface area contributed by atoms with E-state index in [0.29, 0.717) is 0 Å². The van der Waals surface area contributed by atoms with Crippen molar-refractivity contribution in [1.29, 1.82) is 0 Å². The maximum Gasteiger partial charge on any atom is 0.0493 e. The summed E-state index contributed by atoms with van der Waals surface area (Å²) in [5.41, 5.74) is 16.3. The van der Waals surface area contributed by atoms with Gasteiger partial charge in [0.15, 0.2) is 0 Å². The molecule has 2 nitrogen and oxygen atoms in total. The molecule has 6 aromatic carbocycles. The molecule has 0 saturated heterocycles. The molecule has 0 atom stereocenters. The van der Waals surface area contributed by atoms with E-state index >= 15 is 0 Å². The Balaban J connectivity index is 1.22. The molecule has 6 aromatic rings. The first-order chi connectivity index (χ1) is 22.7. The van der Waals surface area contributed by atoms with Crippen LogP contribution in [0.5, 0.6) is 0 Å². The van der Waals surface area contributed by atoms with Gasteiger partial charge < -0.3 is 9.80 Å². The minimum absolute atomic E-state index is 1.05. The Labute approximate surface area is 271 Å². The van der Waals surface area contributed by atoms with Crippen LogP contribution in [0.15, 0.2) is 133 Å². The van der Waals surface area contributed by atoms with Crippen molar-refractivity contribution in [2.24, 2.45) is 0 Å². The molecule has 0 spiro atoms. The van der Waals surface area contributed by atoms with Crippen molar-refractivity contribution in [1.82, 2.24) is 0 Å². The van der Waals surface area contributed by atoms with Gasteiger partial charge in [0.05, 0.1) is 0 Å². The molecule has 9 rings (SSSR count). The Morgan fingerprint density at radius 3 is 1.50 bits per heavy atom. The van der Waals surface area contributed by atoms with Crippen LogP contribution in [0, 0.1) is 13.8 Å². The average Bonchev–Trinajstić information content (AvgIpc) is 3.38. The van der Waals surface area contributed by atoms with Gasteiger partial charge in [-0.1, -0.05) is 78.9 Å². The van der Waals surface area contributed by atoms with E-state index in [-0.39, 0.29) is 0 Å². The fourth-order valence-corrected chi connectivity index (χ4v) is 8.30. The summed E-state index contributed by atoms with van der Waals surface area (Å²) in [7, 11) is 0.